The number of nitrogens with zero attached hydrogens (tertiary/aromatic N) is 2. The second-order valence-electron chi connectivity index (χ2n) is 6.76. The van der Waals surface area contributed by atoms with Gasteiger partial charge in [0.1, 0.15) is 0 Å². The lowest BCUT2D eigenvalue weighted by Gasteiger charge is -2.23. The average Bonchev–Trinajstić information content (AvgIpc) is 3.28. The van der Waals surface area contributed by atoms with E-state index >= 15 is 0 Å². The highest BCUT2D eigenvalue weighted by atomic mass is 16.4. The predicted molar refractivity (Wildman–Crippen MR) is 87.3 cm³/mol. The van der Waals surface area contributed by atoms with E-state index in [1.165, 1.54) is 6.20 Å². The highest BCUT2D eigenvalue weighted by Gasteiger charge is 2.56. The number of carbonyl (C=O) groups excluding carboxylic acids is 1. The summed E-state index contributed by atoms with van der Waals surface area (Å²) in [6.45, 7) is 0.815. The Morgan fingerprint density at radius 3 is 2.79 bits per heavy atom. The summed E-state index contributed by atoms with van der Waals surface area (Å²) in [4.78, 5) is 26.5. The molecule has 1 aromatic carbocycles. The maximum Gasteiger partial charge on any atom is 0.311 e. The molecule has 0 unspecified atom stereocenters. The zero-order valence-corrected chi connectivity index (χ0v) is 13.2. The van der Waals surface area contributed by atoms with Crippen LogP contribution in [0.25, 0.3) is 11.3 Å². The molecule has 6 heteroatoms. The van der Waals surface area contributed by atoms with E-state index in [0.717, 1.165) is 18.4 Å². The van der Waals surface area contributed by atoms with E-state index in [1.54, 1.807) is 4.90 Å². The minimum absolute atomic E-state index is 0.0611. The second-order valence-corrected chi connectivity index (χ2v) is 6.76. The third kappa shape index (κ3) is 2.13. The summed E-state index contributed by atoms with van der Waals surface area (Å²) >= 11 is 0. The predicted octanol–water partition coefficient (Wildman–Crippen LogP) is 2.40. The number of nitrogens with one attached hydrogen (secondary N) is 1. The Labute approximate surface area is 139 Å². The van der Waals surface area contributed by atoms with Crippen LogP contribution in [-0.2, 0) is 4.79 Å². The van der Waals surface area contributed by atoms with Crippen LogP contribution in [0.2, 0.25) is 0 Å². The van der Waals surface area contributed by atoms with Crippen LogP contribution < -0.4 is 0 Å². The lowest BCUT2D eigenvalue weighted by molar-refractivity contribution is -0.149. The van der Waals surface area contributed by atoms with E-state index in [0.29, 0.717) is 30.8 Å². The largest absolute Gasteiger partial charge is 0.481 e. The van der Waals surface area contributed by atoms with Crippen molar-refractivity contribution in [2.24, 2.45) is 11.3 Å². The molecular formula is C18H19N3O3. The molecule has 1 aliphatic heterocycles. The quantitative estimate of drug-likeness (QED) is 0.907. The molecule has 4 rings (SSSR count). The first-order chi connectivity index (χ1) is 11.6. The van der Waals surface area contributed by atoms with Gasteiger partial charge in [-0.2, -0.15) is 5.10 Å². The molecule has 0 spiro atoms. The number of aromatic amines is 1. The van der Waals surface area contributed by atoms with Gasteiger partial charge in [0, 0.05) is 18.7 Å². The molecule has 124 valence electrons. The monoisotopic (exact) mass is 325 g/mol. The SMILES string of the molecule is O=C(c1cn[nH]c1-c1ccccc1)N1C[C@@H]2CCC[C@@]2(C(=O)O)C1. The summed E-state index contributed by atoms with van der Waals surface area (Å²) < 4.78 is 0. The van der Waals surface area contributed by atoms with Gasteiger partial charge in [0.05, 0.1) is 22.9 Å². The Balaban J connectivity index is 1.63. The Morgan fingerprint density at radius 1 is 1.29 bits per heavy atom. The molecule has 0 radical (unpaired) electrons. The average molecular weight is 325 g/mol. The van der Waals surface area contributed by atoms with E-state index in [1.807, 2.05) is 30.3 Å². The van der Waals surface area contributed by atoms with Gasteiger partial charge in [-0.25, -0.2) is 0 Å². The molecule has 1 saturated carbocycles. The molecule has 2 N–H and O–H groups in total. The van der Waals surface area contributed by atoms with Crippen molar-refractivity contribution in [2.45, 2.75) is 19.3 Å². The molecule has 2 aromatic rings. The molecular weight excluding hydrogens is 306 g/mol. The van der Waals surface area contributed by atoms with Gasteiger partial charge in [-0.1, -0.05) is 36.8 Å². The number of H-pyrrole nitrogens is 1. The van der Waals surface area contributed by atoms with E-state index in [-0.39, 0.29) is 11.8 Å². The smallest absolute Gasteiger partial charge is 0.311 e. The number of hydrogen-bond acceptors (Lipinski definition) is 3. The number of carboxylic acids is 1. The fourth-order valence-corrected chi connectivity index (χ4v) is 4.24. The van der Waals surface area contributed by atoms with Crippen molar-refractivity contribution >= 4 is 11.9 Å². The number of carbonyl (C=O) groups is 2. The van der Waals surface area contributed by atoms with Crippen molar-refractivity contribution in [3.8, 4) is 11.3 Å². The third-order valence-corrected chi connectivity index (χ3v) is 5.52. The summed E-state index contributed by atoms with van der Waals surface area (Å²) in [5.41, 5.74) is 1.32. The van der Waals surface area contributed by atoms with E-state index in [9.17, 15) is 14.7 Å². The van der Waals surface area contributed by atoms with Gasteiger partial charge < -0.3 is 10.0 Å². The molecule has 24 heavy (non-hydrogen) atoms. The van der Waals surface area contributed by atoms with E-state index in [2.05, 4.69) is 10.2 Å². The normalized spacial score (nSPS) is 25.7. The molecule has 1 aromatic heterocycles. The van der Waals surface area contributed by atoms with Crippen LogP contribution in [0.15, 0.2) is 36.5 Å². The van der Waals surface area contributed by atoms with Gasteiger partial charge in [-0.15, -0.1) is 0 Å². The Kier molecular flexibility index (Phi) is 3.40. The van der Waals surface area contributed by atoms with Crippen LogP contribution in [0.1, 0.15) is 29.6 Å². The number of aromatic nitrogens is 2. The molecule has 2 atom stereocenters. The lowest BCUT2D eigenvalue weighted by atomic mass is 9.81. The minimum atomic E-state index is -0.768. The van der Waals surface area contributed by atoms with Crippen LogP contribution in [0, 0.1) is 11.3 Å². The fraction of sp³-hybridized carbons (Fsp3) is 0.389. The van der Waals surface area contributed by atoms with Crippen molar-refractivity contribution < 1.29 is 14.7 Å². The molecule has 2 fully saturated rings. The van der Waals surface area contributed by atoms with Gasteiger partial charge in [0.15, 0.2) is 0 Å². The van der Waals surface area contributed by atoms with Crippen molar-refractivity contribution in [3.05, 3.63) is 42.1 Å². The molecule has 6 nitrogen and oxygen atoms in total. The third-order valence-electron chi connectivity index (χ3n) is 5.52. The van der Waals surface area contributed by atoms with Crippen LogP contribution in [0.4, 0.5) is 0 Å². The molecule has 1 amide bonds. The molecule has 0 bridgehead atoms. The summed E-state index contributed by atoms with van der Waals surface area (Å²) in [7, 11) is 0. The second kappa shape index (κ2) is 5.47. The number of hydrogen-bond donors (Lipinski definition) is 2. The Morgan fingerprint density at radius 2 is 2.08 bits per heavy atom. The number of likely N-dealkylation sites (tertiary alicyclic amines) is 1. The van der Waals surface area contributed by atoms with Gasteiger partial charge in [0.2, 0.25) is 0 Å². The number of benzene rings is 1. The van der Waals surface area contributed by atoms with E-state index in [4.69, 9.17) is 0 Å². The van der Waals surface area contributed by atoms with Gasteiger partial charge in [-0.3, -0.25) is 14.7 Å². The maximum absolute atomic E-state index is 13.0. The van der Waals surface area contributed by atoms with Gasteiger partial charge in [0.25, 0.3) is 5.91 Å². The van der Waals surface area contributed by atoms with Crippen LogP contribution in [-0.4, -0.2) is 45.2 Å². The first-order valence-corrected chi connectivity index (χ1v) is 8.23. The summed E-state index contributed by atoms with van der Waals surface area (Å²) in [5, 5.41) is 16.6. The highest BCUT2D eigenvalue weighted by Crippen LogP contribution is 2.49. The van der Waals surface area contributed by atoms with Crippen molar-refractivity contribution in [3.63, 3.8) is 0 Å². The molecule has 1 saturated heterocycles. The number of fused-ring (bicyclic) bond motifs is 1. The van der Waals surface area contributed by atoms with Gasteiger partial charge in [-0.05, 0) is 18.8 Å². The molecule has 1 aliphatic carbocycles. The van der Waals surface area contributed by atoms with Crippen molar-refractivity contribution in [2.75, 3.05) is 13.1 Å². The number of aliphatic carboxylic acids is 1. The summed E-state index contributed by atoms with van der Waals surface area (Å²) in [5.74, 6) is -0.848. The highest BCUT2D eigenvalue weighted by molar-refractivity contribution is 6.00. The standard InChI is InChI=1S/C18H19N3O3/c22-16(14-9-19-20-15(14)12-5-2-1-3-6-12)21-10-13-7-4-8-18(13,11-21)17(23)24/h1-3,5-6,9,13H,4,7-8,10-11H2,(H,19,20)(H,23,24)/t13-,18+/m0/s1. The summed E-state index contributed by atoms with van der Waals surface area (Å²) in [6.07, 6.45) is 4.01. The van der Waals surface area contributed by atoms with Crippen LogP contribution in [0.3, 0.4) is 0 Å². The maximum atomic E-state index is 13.0. The molecule has 2 aliphatic rings. The first-order valence-electron chi connectivity index (χ1n) is 8.23. The zero-order chi connectivity index (χ0) is 16.7. The Bertz CT molecular complexity index is 786. The molecule has 2 heterocycles. The summed E-state index contributed by atoms with van der Waals surface area (Å²) in [6, 6.07) is 9.57. The number of rotatable bonds is 3. The van der Waals surface area contributed by atoms with Crippen molar-refractivity contribution in [1.82, 2.24) is 15.1 Å². The lowest BCUT2D eigenvalue weighted by Crippen LogP contribution is -2.37. The van der Waals surface area contributed by atoms with Crippen molar-refractivity contribution in [1.29, 1.82) is 0 Å². The van der Waals surface area contributed by atoms with E-state index < -0.39 is 11.4 Å². The minimum Gasteiger partial charge on any atom is -0.481 e. The number of amides is 1. The van der Waals surface area contributed by atoms with Crippen LogP contribution >= 0.6 is 0 Å². The van der Waals surface area contributed by atoms with Crippen LogP contribution in [0.5, 0.6) is 0 Å². The Hall–Kier alpha value is -2.63. The fourth-order valence-electron chi connectivity index (χ4n) is 4.24. The zero-order valence-electron chi connectivity index (χ0n) is 13.2. The topological polar surface area (TPSA) is 86.3 Å². The first kappa shape index (κ1) is 14.9. The number of carboxylic acid groups (broad SMARTS) is 1. The van der Waals surface area contributed by atoms with Gasteiger partial charge >= 0.3 is 5.97 Å².